The second kappa shape index (κ2) is 6.49. The third kappa shape index (κ3) is 2.33. The van der Waals surface area contributed by atoms with Crippen molar-refractivity contribution in [3.05, 3.63) is 53.2 Å². The van der Waals surface area contributed by atoms with Gasteiger partial charge in [0, 0.05) is 12.0 Å². The summed E-state index contributed by atoms with van der Waals surface area (Å²) < 4.78 is 1.54. The molecule has 2 N–H and O–H groups in total. The van der Waals surface area contributed by atoms with E-state index < -0.39 is 5.41 Å². The maximum atomic E-state index is 14.0. The van der Waals surface area contributed by atoms with Gasteiger partial charge in [-0.05, 0) is 25.0 Å². The Morgan fingerprint density at radius 1 is 1.21 bits per heavy atom. The lowest BCUT2D eigenvalue weighted by molar-refractivity contribution is -0.126. The SMILES string of the molecule is C#CCN1C(=O)[C@@]2(CC(=O)Nc3c2c(C)nn3-c2ncnc3nc[nH]c23)c2cccc(C)c21. The Balaban J connectivity index is 1.68. The third-order valence-corrected chi connectivity index (χ3v) is 6.40. The number of aromatic amines is 1. The average molecular weight is 438 g/mol. The number of benzene rings is 1. The van der Waals surface area contributed by atoms with E-state index in [2.05, 4.69) is 31.2 Å². The predicted molar refractivity (Wildman–Crippen MR) is 120 cm³/mol. The zero-order valence-electron chi connectivity index (χ0n) is 17.9. The molecule has 6 rings (SSSR count). The Hall–Kier alpha value is -4.52. The van der Waals surface area contributed by atoms with Crippen molar-refractivity contribution in [2.45, 2.75) is 25.7 Å². The molecular formula is C23H18N8O2. The number of amides is 2. The van der Waals surface area contributed by atoms with Crippen LogP contribution in [0.1, 0.15) is 28.8 Å². The van der Waals surface area contributed by atoms with E-state index in [4.69, 9.17) is 11.5 Å². The first-order chi connectivity index (χ1) is 16.0. The Bertz CT molecular complexity index is 1540. The number of imidazole rings is 1. The van der Waals surface area contributed by atoms with Crippen LogP contribution in [0.25, 0.3) is 17.0 Å². The molecule has 33 heavy (non-hydrogen) atoms. The molecule has 0 aliphatic carbocycles. The number of hydrogen-bond acceptors (Lipinski definition) is 6. The number of carbonyl (C=O) groups is 2. The minimum atomic E-state index is -1.22. The number of fused-ring (bicyclic) bond motifs is 5. The molecule has 10 nitrogen and oxygen atoms in total. The van der Waals surface area contributed by atoms with Crippen LogP contribution in [0, 0.1) is 26.2 Å². The molecular weight excluding hydrogens is 420 g/mol. The van der Waals surface area contributed by atoms with Crippen molar-refractivity contribution in [1.29, 1.82) is 0 Å². The lowest BCUT2D eigenvalue weighted by atomic mass is 9.70. The molecule has 2 amide bonds. The van der Waals surface area contributed by atoms with Crippen LogP contribution in [0.4, 0.5) is 11.5 Å². The second-order valence-corrected chi connectivity index (χ2v) is 8.22. The Kier molecular flexibility index (Phi) is 3.77. The summed E-state index contributed by atoms with van der Waals surface area (Å²) in [6, 6.07) is 5.73. The maximum Gasteiger partial charge on any atom is 0.243 e. The van der Waals surface area contributed by atoms with E-state index in [1.165, 1.54) is 17.3 Å². The first-order valence-electron chi connectivity index (χ1n) is 10.4. The van der Waals surface area contributed by atoms with Crippen LogP contribution >= 0.6 is 0 Å². The maximum absolute atomic E-state index is 14.0. The number of anilines is 2. The van der Waals surface area contributed by atoms with Crippen LogP contribution in [-0.2, 0) is 15.0 Å². The van der Waals surface area contributed by atoms with E-state index >= 15 is 0 Å². The van der Waals surface area contributed by atoms with E-state index in [1.54, 1.807) is 4.90 Å². The van der Waals surface area contributed by atoms with Crippen molar-refractivity contribution in [2.75, 3.05) is 16.8 Å². The summed E-state index contributed by atoms with van der Waals surface area (Å²) in [6.45, 7) is 3.88. The second-order valence-electron chi connectivity index (χ2n) is 8.22. The molecule has 3 aromatic heterocycles. The highest BCUT2D eigenvalue weighted by molar-refractivity contribution is 6.16. The lowest BCUT2D eigenvalue weighted by Gasteiger charge is -2.33. The van der Waals surface area contributed by atoms with Gasteiger partial charge >= 0.3 is 0 Å². The number of H-pyrrole nitrogens is 1. The van der Waals surface area contributed by atoms with Crippen LogP contribution in [-0.4, -0.2) is 48.1 Å². The zero-order chi connectivity index (χ0) is 22.9. The number of rotatable bonds is 2. The van der Waals surface area contributed by atoms with Gasteiger partial charge in [-0.15, -0.1) is 6.42 Å². The molecule has 2 aliphatic heterocycles. The van der Waals surface area contributed by atoms with Gasteiger partial charge in [0.15, 0.2) is 11.5 Å². The predicted octanol–water partition coefficient (Wildman–Crippen LogP) is 1.76. The molecule has 0 saturated heterocycles. The number of carbonyl (C=O) groups excluding carboxylic acids is 2. The summed E-state index contributed by atoms with van der Waals surface area (Å²) in [5, 5.41) is 7.62. The minimum absolute atomic E-state index is 0.0356. The highest BCUT2D eigenvalue weighted by Gasteiger charge is 2.58. The fraction of sp³-hybridized carbons (Fsp3) is 0.217. The Morgan fingerprint density at radius 2 is 2.06 bits per heavy atom. The van der Waals surface area contributed by atoms with Gasteiger partial charge in [-0.2, -0.15) is 9.78 Å². The first kappa shape index (κ1) is 19.2. The van der Waals surface area contributed by atoms with Crippen molar-refractivity contribution in [3.63, 3.8) is 0 Å². The molecule has 5 heterocycles. The van der Waals surface area contributed by atoms with E-state index in [1.807, 2.05) is 32.0 Å². The topological polar surface area (TPSA) is 122 Å². The number of para-hydroxylation sites is 1. The molecule has 1 aromatic carbocycles. The summed E-state index contributed by atoms with van der Waals surface area (Å²) in [4.78, 5) is 44.4. The van der Waals surface area contributed by atoms with Crippen LogP contribution in [0.2, 0.25) is 0 Å². The van der Waals surface area contributed by atoms with Gasteiger partial charge in [-0.25, -0.2) is 15.0 Å². The van der Waals surface area contributed by atoms with Crippen molar-refractivity contribution in [1.82, 2.24) is 29.7 Å². The van der Waals surface area contributed by atoms with Gasteiger partial charge in [-0.1, -0.05) is 24.1 Å². The van der Waals surface area contributed by atoms with Crippen molar-refractivity contribution >= 4 is 34.5 Å². The van der Waals surface area contributed by atoms with Crippen LogP contribution in [0.15, 0.2) is 30.9 Å². The van der Waals surface area contributed by atoms with Gasteiger partial charge in [-0.3, -0.25) is 14.5 Å². The van der Waals surface area contributed by atoms with Crippen LogP contribution < -0.4 is 10.2 Å². The number of nitrogens with one attached hydrogen (secondary N) is 2. The molecule has 0 radical (unpaired) electrons. The zero-order valence-corrected chi connectivity index (χ0v) is 17.9. The van der Waals surface area contributed by atoms with E-state index in [0.29, 0.717) is 34.1 Å². The van der Waals surface area contributed by atoms with Gasteiger partial charge in [0.2, 0.25) is 11.8 Å². The summed E-state index contributed by atoms with van der Waals surface area (Å²) in [5.41, 5.74) is 3.50. The Morgan fingerprint density at radius 3 is 2.88 bits per heavy atom. The molecule has 0 saturated carbocycles. The molecule has 0 unspecified atom stereocenters. The molecule has 0 bridgehead atoms. The summed E-state index contributed by atoms with van der Waals surface area (Å²) in [5.74, 6) is 2.90. The molecule has 0 fully saturated rings. The number of aryl methyl sites for hydroxylation is 2. The number of hydrogen-bond donors (Lipinski definition) is 2. The number of terminal acetylenes is 1. The fourth-order valence-electron chi connectivity index (χ4n) is 5.19. The molecule has 10 heteroatoms. The third-order valence-electron chi connectivity index (χ3n) is 6.40. The van der Waals surface area contributed by atoms with Crippen molar-refractivity contribution in [3.8, 4) is 18.2 Å². The molecule has 162 valence electrons. The highest BCUT2D eigenvalue weighted by atomic mass is 16.2. The fourth-order valence-corrected chi connectivity index (χ4v) is 5.19. The molecule has 4 aromatic rings. The molecule has 2 aliphatic rings. The lowest BCUT2D eigenvalue weighted by Crippen LogP contribution is -2.47. The van der Waals surface area contributed by atoms with Gasteiger partial charge in [0.25, 0.3) is 0 Å². The number of nitrogens with zero attached hydrogens (tertiary/aromatic N) is 6. The number of aromatic nitrogens is 6. The van der Waals surface area contributed by atoms with E-state index in [9.17, 15) is 9.59 Å². The van der Waals surface area contributed by atoms with Gasteiger partial charge in [0.1, 0.15) is 23.1 Å². The summed E-state index contributed by atoms with van der Waals surface area (Å²) >= 11 is 0. The normalized spacial score (nSPS) is 19.0. The molecule has 1 atom stereocenters. The molecule has 1 spiro atoms. The van der Waals surface area contributed by atoms with Crippen LogP contribution in [0.5, 0.6) is 0 Å². The van der Waals surface area contributed by atoms with Crippen molar-refractivity contribution < 1.29 is 9.59 Å². The van der Waals surface area contributed by atoms with E-state index in [0.717, 1.165) is 16.8 Å². The van der Waals surface area contributed by atoms with Crippen molar-refractivity contribution in [2.24, 2.45) is 0 Å². The minimum Gasteiger partial charge on any atom is -0.340 e. The quantitative estimate of drug-likeness (QED) is 0.460. The standard InChI is InChI=1S/C23H18N8O2/c1-4-8-30-18-12(2)6-5-7-14(18)23(22(30)33)9-15(32)28-20-16(23)13(3)29-31(20)21-17-19(25-10-24-17)26-11-27-21/h1,5-7,10-11H,8-9H2,2-3H3,(H,28,32)(H,24,25,26,27)/t23-/m0/s1. The Labute approximate surface area is 188 Å². The van der Waals surface area contributed by atoms with Gasteiger partial charge < -0.3 is 10.3 Å². The summed E-state index contributed by atoms with van der Waals surface area (Å²) in [6.07, 6.45) is 8.47. The monoisotopic (exact) mass is 438 g/mol. The van der Waals surface area contributed by atoms with E-state index in [-0.39, 0.29) is 24.8 Å². The average Bonchev–Trinajstić information content (AvgIpc) is 3.46. The largest absolute Gasteiger partial charge is 0.340 e. The van der Waals surface area contributed by atoms with Gasteiger partial charge in [0.05, 0.1) is 24.3 Å². The smallest absolute Gasteiger partial charge is 0.243 e. The highest BCUT2D eigenvalue weighted by Crippen LogP contribution is 2.54. The first-order valence-corrected chi connectivity index (χ1v) is 10.4. The summed E-state index contributed by atoms with van der Waals surface area (Å²) in [7, 11) is 0. The van der Waals surface area contributed by atoms with Crippen LogP contribution in [0.3, 0.4) is 0 Å².